The summed E-state index contributed by atoms with van der Waals surface area (Å²) in [4.78, 5) is 55.6. The zero-order valence-electron chi connectivity index (χ0n) is 28.9. The lowest BCUT2D eigenvalue weighted by Gasteiger charge is -2.34. The number of alkyl carbamates (subject to hydrolysis) is 1. The fourth-order valence-electron chi connectivity index (χ4n) is 5.19. The number of nitrogens with one attached hydrogen (secondary N) is 2. The number of carbonyl (C=O) groups is 4. The summed E-state index contributed by atoms with van der Waals surface area (Å²) in [7, 11) is 4.39. The third-order valence-electron chi connectivity index (χ3n) is 7.85. The molecule has 3 aromatic rings. The van der Waals surface area contributed by atoms with E-state index >= 15 is 0 Å². The van der Waals surface area contributed by atoms with Crippen LogP contribution in [0.25, 0.3) is 10.8 Å². The minimum Gasteiger partial charge on any atom is -0.444 e. The third kappa shape index (κ3) is 10.6. The summed E-state index contributed by atoms with van der Waals surface area (Å²) in [6.45, 7) is 8.88. The fraction of sp³-hybridized carbons (Fsp3) is 0.405. The zero-order chi connectivity index (χ0) is 35.8. The van der Waals surface area contributed by atoms with Crippen molar-refractivity contribution in [2.24, 2.45) is 0 Å². The van der Waals surface area contributed by atoms with E-state index in [9.17, 15) is 28.0 Å². The third-order valence-corrected chi connectivity index (χ3v) is 7.85. The van der Waals surface area contributed by atoms with Crippen LogP contribution in [0.1, 0.15) is 52.2 Å². The summed E-state index contributed by atoms with van der Waals surface area (Å²) in [5, 5.41) is 7.32. The van der Waals surface area contributed by atoms with E-state index in [4.69, 9.17) is 4.74 Å². The Morgan fingerprint density at radius 2 is 1.42 bits per heavy atom. The van der Waals surface area contributed by atoms with Crippen LogP contribution >= 0.6 is 0 Å². The van der Waals surface area contributed by atoms with Gasteiger partial charge in [-0.2, -0.15) is 0 Å². The molecule has 0 fully saturated rings. The van der Waals surface area contributed by atoms with E-state index in [1.165, 1.54) is 43.1 Å². The number of carbonyl (C=O) groups excluding carboxylic acids is 4. The summed E-state index contributed by atoms with van der Waals surface area (Å²) in [6.07, 6.45) is 2.73. The van der Waals surface area contributed by atoms with Crippen LogP contribution in [-0.2, 0) is 32.0 Å². The highest BCUT2D eigenvalue weighted by atomic mass is 19.2. The van der Waals surface area contributed by atoms with Gasteiger partial charge in [-0.3, -0.25) is 14.4 Å². The van der Waals surface area contributed by atoms with Crippen molar-refractivity contribution in [1.82, 2.24) is 20.4 Å². The summed E-state index contributed by atoms with van der Waals surface area (Å²) in [5.41, 5.74) is -0.286. The first-order chi connectivity index (χ1) is 22.4. The predicted molar refractivity (Wildman–Crippen MR) is 182 cm³/mol. The van der Waals surface area contributed by atoms with Crippen molar-refractivity contribution < 1.29 is 32.7 Å². The Balaban J connectivity index is 1.89. The first-order valence-electron chi connectivity index (χ1n) is 15.7. The Hall–Kier alpha value is -4.80. The lowest BCUT2D eigenvalue weighted by Crippen LogP contribution is -2.55. The molecule has 0 unspecified atom stereocenters. The average molecular weight is 665 g/mol. The average Bonchev–Trinajstić information content (AvgIpc) is 3.01. The molecule has 2 N–H and O–H groups in total. The highest BCUT2D eigenvalue weighted by molar-refractivity contribution is 5.95. The van der Waals surface area contributed by atoms with Crippen LogP contribution in [0.15, 0.2) is 72.8 Å². The molecule has 48 heavy (non-hydrogen) atoms. The van der Waals surface area contributed by atoms with Crippen molar-refractivity contribution in [3.63, 3.8) is 0 Å². The molecule has 0 saturated heterocycles. The topological polar surface area (TPSA) is 108 Å². The molecule has 0 bridgehead atoms. The minimum absolute atomic E-state index is 0.0842. The summed E-state index contributed by atoms with van der Waals surface area (Å²) in [6, 6.07) is 14.8. The van der Waals surface area contributed by atoms with Crippen LogP contribution < -0.4 is 10.6 Å². The van der Waals surface area contributed by atoms with Gasteiger partial charge in [0.05, 0.1) is 0 Å². The van der Waals surface area contributed by atoms with Gasteiger partial charge in [-0.15, -0.1) is 0 Å². The molecule has 0 aliphatic heterocycles. The van der Waals surface area contributed by atoms with Gasteiger partial charge in [-0.05, 0) is 81.1 Å². The number of rotatable bonds is 12. The van der Waals surface area contributed by atoms with E-state index in [-0.39, 0.29) is 12.8 Å². The molecule has 258 valence electrons. The van der Waals surface area contributed by atoms with E-state index in [0.717, 1.165) is 28.5 Å². The van der Waals surface area contributed by atoms with Crippen LogP contribution in [0.5, 0.6) is 0 Å². The Morgan fingerprint density at radius 3 is 2.04 bits per heavy atom. The van der Waals surface area contributed by atoms with Crippen molar-refractivity contribution in [3.8, 4) is 0 Å². The molecular weight excluding hydrogens is 618 g/mol. The van der Waals surface area contributed by atoms with Crippen LogP contribution in [0, 0.1) is 11.6 Å². The second kappa shape index (κ2) is 15.9. The van der Waals surface area contributed by atoms with E-state index in [1.54, 1.807) is 40.7 Å². The molecule has 9 nitrogen and oxygen atoms in total. The van der Waals surface area contributed by atoms with Crippen molar-refractivity contribution in [2.75, 3.05) is 21.1 Å². The Bertz CT molecular complexity index is 1670. The molecule has 0 radical (unpaired) electrons. The maximum atomic E-state index is 14.2. The van der Waals surface area contributed by atoms with Crippen molar-refractivity contribution in [2.45, 2.75) is 77.1 Å². The van der Waals surface area contributed by atoms with Crippen molar-refractivity contribution >= 4 is 34.6 Å². The molecule has 2 atom stereocenters. The van der Waals surface area contributed by atoms with Gasteiger partial charge in [0.2, 0.25) is 17.7 Å². The minimum atomic E-state index is -1.08. The van der Waals surface area contributed by atoms with Gasteiger partial charge in [0, 0.05) is 39.5 Å². The van der Waals surface area contributed by atoms with Crippen LogP contribution in [0.4, 0.5) is 13.6 Å². The smallest absolute Gasteiger partial charge is 0.408 e. The lowest BCUT2D eigenvalue weighted by atomic mass is 9.98. The molecule has 4 amide bonds. The number of benzene rings is 3. The predicted octanol–water partition coefficient (Wildman–Crippen LogP) is 5.55. The molecule has 11 heteroatoms. The van der Waals surface area contributed by atoms with Gasteiger partial charge < -0.3 is 25.2 Å². The molecule has 3 rings (SSSR count). The van der Waals surface area contributed by atoms with Gasteiger partial charge in [-0.25, -0.2) is 13.6 Å². The number of ether oxygens (including phenoxy) is 1. The molecule has 0 aromatic heterocycles. The second-order valence-corrected chi connectivity index (χ2v) is 13.5. The van der Waals surface area contributed by atoms with Gasteiger partial charge >= 0.3 is 6.09 Å². The number of halogens is 2. The fourth-order valence-corrected chi connectivity index (χ4v) is 5.19. The lowest BCUT2D eigenvalue weighted by molar-refractivity contribution is -0.146. The quantitative estimate of drug-likeness (QED) is 0.247. The van der Waals surface area contributed by atoms with E-state index in [2.05, 4.69) is 10.6 Å². The first-order valence-corrected chi connectivity index (χ1v) is 15.7. The number of hydrogen-bond acceptors (Lipinski definition) is 5. The number of hydrogen-bond donors (Lipinski definition) is 2. The summed E-state index contributed by atoms with van der Waals surface area (Å²) >= 11 is 0. The highest BCUT2D eigenvalue weighted by Gasteiger charge is 2.35. The van der Waals surface area contributed by atoms with Crippen molar-refractivity contribution in [3.05, 3.63) is 95.6 Å². The Morgan fingerprint density at radius 1 is 0.812 bits per heavy atom. The number of likely N-dealkylation sites (N-methyl/N-ethyl adjacent to an activating group) is 3. The van der Waals surface area contributed by atoms with Gasteiger partial charge in [0.25, 0.3) is 0 Å². The largest absolute Gasteiger partial charge is 0.444 e. The van der Waals surface area contributed by atoms with Gasteiger partial charge in [-0.1, -0.05) is 54.6 Å². The standard InChI is InChI=1S/C37H46F2N4O5/c1-36(2,3)48-35(47)41-37(4,5)19-11-14-32(44)42(7)31(23-24-15-17-26-12-9-10-13-27(26)20-24)34(46)43(8)30(33(45)40-6)22-25-16-18-28(38)29(39)21-25/h9-18,20-21,30-31H,19,22-23H2,1-8H3,(H,40,45)(H,41,47)/b14-11+/t30-,31-/m1/s1. The zero-order valence-corrected chi connectivity index (χ0v) is 28.9. The van der Waals surface area contributed by atoms with Crippen LogP contribution in [0.3, 0.4) is 0 Å². The first kappa shape index (κ1) is 37.7. The molecule has 0 saturated carbocycles. The second-order valence-electron chi connectivity index (χ2n) is 13.5. The number of nitrogens with zero attached hydrogens (tertiary/aromatic N) is 2. The maximum Gasteiger partial charge on any atom is 0.408 e. The maximum absolute atomic E-state index is 14.2. The monoisotopic (exact) mass is 664 g/mol. The number of amides is 4. The van der Waals surface area contributed by atoms with Crippen molar-refractivity contribution in [1.29, 1.82) is 0 Å². The summed E-state index contributed by atoms with van der Waals surface area (Å²) < 4.78 is 33.0. The molecule has 0 aliphatic rings. The SMILES string of the molecule is CNC(=O)[C@@H](Cc1ccc(F)c(F)c1)N(C)C(=O)[C@@H](Cc1ccc2ccccc2c1)N(C)C(=O)/C=C/CC(C)(C)NC(=O)OC(C)(C)C. The molecule has 0 spiro atoms. The molecule has 3 aromatic carbocycles. The Kier molecular flexibility index (Phi) is 12.4. The molecule has 0 heterocycles. The normalized spacial score (nSPS) is 13.1. The van der Waals surface area contributed by atoms with Gasteiger partial charge in [0.1, 0.15) is 17.7 Å². The van der Waals surface area contributed by atoms with E-state index < -0.39 is 58.7 Å². The number of fused-ring (bicyclic) bond motifs is 1. The van der Waals surface area contributed by atoms with Crippen LogP contribution in [0.2, 0.25) is 0 Å². The molecular formula is C37H46F2N4O5. The highest BCUT2D eigenvalue weighted by Crippen LogP contribution is 2.21. The van der Waals surface area contributed by atoms with Gasteiger partial charge in [0.15, 0.2) is 11.6 Å². The van der Waals surface area contributed by atoms with E-state index in [0.29, 0.717) is 12.0 Å². The van der Waals surface area contributed by atoms with E-state index in [1.807, 2.05) is 42.5 Å². The Labute approximate surface area is 281 Å². The summed E-state index contributed by atoms with van der Waals surface area (Å²) in [5.74, 6) is -3.57. The molecule has 0 aliphatic carbocycles. The van der Waals surface area contributed by atoms with Crippen LogP contribution in [-0.4, -0.2) is 78.0 Å².